The van der Waals surface area contributed by atoms with Crippen LogP contribution in [0.3, 0.4) is 0 Å². The molecule has 0 aliphatic rings. The predicted molar refractivity (Wildman–Crippen MR) is 97.8 cm³/mol. The Morgan fingerprint density at radius 2 is 1.84 bits per heavy atom. The van der Waals surface area contributed by atoms with Gasteiger partial charge in [0.05, 0.1) is 12.2 Å². The first kappa shape index (κ1) is 18.5. The molecule has 7 heteroatoms. The van der Waals surface area contributed by atoms with Gasteiger partial charge in [-0.3, -0.25) is 14.9 Å². The summed E-state index contributed by atoms with van der Waals surface area (Å²) in [5.74, 6) is -0.0700. The van der Waals surface area contributed by atoms with E-state index in [2.05, 4.69) is 21.1 Å². The Bertz CT molecular complexity index is 775. The number of carbonyl (C=O) groups excluding carboxylic acids is 2. The fraction of sp³-hybridized carbons (Fsp3) is 0.389. The van der Waals surface area contributed by atoms with E-state index in [1.807, 2.05) is 45.9 Å². The van der Waals surface area contributed by atoms with E-state index in [-0.39, 0.29) is 23.8 Å². The van der Waals surface area contributed by atoms with Gasteiger partial charge in [-0.25, -0.2) is 0 Å². The van der Waals surface area contributed by atoms with Crippen LogP contribution in [0.25, 0.3) is 0 Å². The molecule has 0 spiro atoms. The summed E-state index contributed by atoms with van der Waals surface area (Å²) in [6, 6.07) is 7.19. The number of amides is 2. The molecular formula is C18H24N4O3. The largest absolute Gasteiger partial charge is 0.376 e. The molecule has 2 amide bonds. The number of benzene rings is 1. The van der Waals surface area contributed by atoms with Crippen molar-refractivity contribution >= 4 is 29.1 Å². The third-order valence-electron chi connectivity index (χ3n) is 3.63. The lowest BCUT2D eigenvalue weighted by molar-refractivity contribution is -0.115. The third kappa shape index (κ3) is 5.07. The topological polar surface area (TPSA) is 96.3 Å². The number of hydrogen-bond donors (Lipinski definition) is 3. The average molecular weight is 344 g/mol. The van der Waals surface area contributed by atoms with Crippen molar-refractivity contribution in [3.05, 3.63) is 35.5 Å². The van der Waals surface area contributed by atoms with Crippen molar-refractivity contribution < 1.29 is 14.1 Å². The summed E-state index contributed by atoms with van der Waals surface area (Å²) in [6.07, 6.45) is 0. The monoisotopic (exact) mass is 344 g/mol. The fourth-order valence-corrected chi connectivity index (χ4v) is 2.20. The fourth-order valence-electron chi connectivity index (χ4n) is 2.20. The van der Waals surface area contributed by atoms with Crippen molar-refractivity contribution in [3.63, 3.8) is 0 Å². The Hall–Kier alpha value is -2.83. The Balaban J connectivity index is 1.96. The van der Waals surface area contributed by atoms with Crippen LogP contribution in [0.1, 0.15) is 39.0 Å². The van der Waals surface area contributed by atoms with Crippen molar-refractivity contribution in [2.75, 3.05) is 22.5 Å². The van der Waals surface area contributed by atoms with Crippen molar-refractivity contribution in [3.8, 4) is 0 Å². The van der Waals surface area contributed by atoms with Gasteiger partial charge in [0, 0.05) is 29.8 Å². The molecule has 1 aromatic carbocycles. The molecule has 0 unspecified atom stereocenters. The van der Waals surface area contributed by atoms with Crippen LogP contribution in [0.2, 0.25) is 0 Å². The van der Waals surface area contributed by atoms with E-state index in [1.54, 1.807) is 6.07 Å². The first-order valence-electron chi connectivity index (χ1n) is 8.05. The zero-order valence-corrected chi connectivity index (χ0v) is 15.2. The van der Waals surface area contributed by atoms with Gasteiger partial charge in [0.2, 0.25) is 17.7 Å². The van der Waals surface area contributed by atoms with Crippen LogP contribution in [-0.4, -0.2) is 23.5 Å². The van der Waals surface area contributed by atoms with E-state index in [0.717, 1.165) is 16.9 Å². The molecule has 1 heterocycles. The van der Waals surface area contributed by atoms with E-state index < -0.39 is 0 Å². The Morgan fingerprint density at radius 3 is 2.44 bits per heavy atom. The summed E-state index contributed by atoms with van der Waals surface area (Å²) in [5.41, 5.74) is 2.97. The molecule has 134 valence electrons. The van der Waals surface area contributed by atoms with Crippen LogP contribution in [0.4, 0.5) is 17.3 Å². The van der Waals surface area contributed by atoms with Crippen LogP contribution in [0.15, 0.2) is 28.8 Å². The van der Waals surface area contributed by atoms with Gasteiger partial charge in [0.1, 0.15) is 0 Å². The minimum Gasteiger partial charge on any atom is -0.376 e. The maximum atomic E-state index is 12.1. The van der Waals surface area contributed by atoms with Gasteiger partial charge < -0.3 is 15.2 Å². The molecule has 1 aromatic heterocycles. The van der Waals surface area contributed by atoms with E-state index in [4.69, 9.17) is 4.52 Å². The van der Waals surface area contributed by atoms with Gasteiger partial charge in [0.25, 0.3) is 0 Å². The molecule has 0 aliphatic heterocycles. The van der Waals surface area contributed by atoms with Crippen LogP contribution in [0.5, 0.6) is 0 Å². The van der Waals surface area contributed by atoms with Gasteiger partial charge in [-0.1, -0.05) is 32.0 Å². The number of aromatic nitrogens is 1. The van der Waals surface area contributed by atoms with E-state index in [1.165, 1.54) is 6.92 Å². The highest BCUT2D eigenvalue weighted by Gasteiger charge is 2.19. The lowest BCUT2D eigenvalue weighted by Gasteiger charge is -2.13. The van der Waals surface area contributed by atoms with E-state index in [9.17, 15) is 9.59 Å². The van der Waals surface area contributed by atoms with Crippen molar-refractivity contribution in [2.24, 2.45) is 0 Å². The molecule has 3 N–H and O–H groups in total. The maximum Gasteiger partial charge on any atom is 0.246 e. The molecule has 0 bridgehead atoms. The van der Waals surface area contributed by atoms with Crippen molar-refractivity contribution in [1.82, 2.24) is 5.16 Å². The van der Waals surface area contributed by atoms with Crippen LogP contribution in [-0.2, 0) is 15.0 Å². The second kappa shape index (κ2) is 7.38. The molecule has 2 rings (SSSR count). The number of nitrogens with zero attached hydrogens (tertiary/aromatic N) is 1. The van der Waals surface area contributed by atoms with Gasteiger partial charge in [-0.15, -0.1) is 0 Å². The normalized spacial score (nSPS) is 11.1. The maximum absolute atomic E-state index is 12.1. The summed E-state index contributed by atoms with van der Waals surface area (Å²) in [7, 11) is 0. The van der Waals surface area contributed by atoms with Crippen LogP contribution >= 0.6 is 0 Å². The Kier molecular flexibility index (Phi) is 5.46. The molecule has 0 saturated heterocycles. The van der Waals surface area contributed by atoms with Crippen LogP contribution in [0, 0.1) is 6.92 Å². The quantitative estimate of drug-likeness (QED) is 0.773. The molecule has 0 atom stereocenters. The average Bonchev–Trinajstić information content (AvgIpc) is 2.96. The van der Waals surface area contributed by atoms with Gasteiger partial charge in [-0.2, -0.15) is 0 Å². The standard InChI is InChI=1S/C18H24N4O3/c1-11-13(7-6-8-14(11)20-12(2)23)19-10-16(24)21-17-9-15(22-25-17)18(3,4)5/h6-9,19H,10H2,1-5H3,(H,20,23)(H,21,24). The highest BCUT2D eigenvalue weighted by Crippen LogP contribution is 2.24. The van der Waals surface area contributed by atoms with E-state index in [0.29, 0.717) is 11.6 Å². The van der Waals surface area contributed by atoms with E-state index >= 15 is 0 Å². The smallest absolute Gasteiger partial charge is 0.246 e. The lowest BCUT2D eigenvalue weighted by atomic mass is 9.92. The number of anilines is 3. The first-order valence-corrected chi connectivity index (χ1v) is 8.05. The number of nitrogens with one attached hydrogen (secondary N) is 3. The Morgan fingerprint density at radius 1 is 1.16 bits per heavy atom. The predicted octanol–water partition coefficient (Wildman–Crippen LogP) is 3.29. The highest BCUT2D eigenvalue weighted by molar-refractivity contribution is 5.93. The number of rotatable bonds is 5. The molecule has 2 aromatic rings. The number of hydrogen-bond acceptors (Lipinski definition) is 5. The molecule has 0 aliphatic carbocycles. The molecule has 0 radical (unpaired) electrons. The first-order chi connectivity index (χ1) is 11.7. The van der Waals surface area contributed by atoms with Gasteiger partial charge in [-0.05, 0) is 24.6 Å². The highest BCUT2D eigenvalue weighted by atomic mass is 16.5. The minimum atomic E-state index is -0.249. The zero-order valence-electron chi connectivity index (χ0n) is 15.2. The van der Waals surface area contributed by atoms with Crippen LogP contribution < -0.4 is 16.0 Å². The molecule has 0 saturated carbocycles. The molecule has 25 heavy (non-hydrogen) atoms. The summed E-state index contributed by atoms with van der Waals surface area (Å²) < 4.78 is 5.14. The number of carbonyl (C=O) groups is 2. The summed E-state index contributed by atoms with van der Waals surface area (Å²) in [5, 5.41) is 12.4. The second-order valence-electron chi connectivity index (χ2n) is 6.89. The molecule has 7 nitrogen and oxygen atoms in total. The summed E-state index contributed by atoms with van der Waals surface area (Å²) in [4.78, 5) is 23.3. The zero-order chi connectivity index (χ0) is 18.6. The van der Waals surface area contributed by atoms with Crippen molar-refractivity contribution in [2.45, 2.75) is 40.0 Å². The molecule has 0 fully saturated rings. The molecular weight excluding hydrogens is 320 g/mol. The lowest BCUT2D eigenvalue weighted by Crippen LogP contribution is -2.22. The van der Waals surface area contributed by atoms with Crippen molar-refractivity contribution in [1.29, 1.82) is 0 Å². The summed E-state index contributed by atoms with van der Waals surface area (Å²) >= 11 is 0. The Labute approximate surface area is 147 Å². The van der Waals surface area contributed by atoms with Gasteiger partial charge in [0.15, 0.2) is 0 Å². The SMILES string of the molecule is CC(=O)Nc1cccc(NCC(=O)Nc2cc(C(C)(C)C)no2)c1C. The third-order valence-corrected chi connectivity index (χ3v) is 3.63. The summed E-state index contributed by atoms with van der Waals surface area (Å²) in [6.45, 7) is 9.44. The second-order valence-corrected chi connectivity index (χ2v) is 6.89. The minimum absolute atomic E-state index is 0.0654. The van der Waals surface area contributed by atoms with Gasteiger partial charge >= 0.3 is 0 Å².